The van der Waals surface area contributed by atoms with Gasteiger partial charge in [-0.2, -0.15) is 0 Å². The summed E-state index contributed by atoms with van der Waals surface area (Å²) in [5, 5.41) is 8.14. The molecule has 0 aromatic rings. The Bertz CT molecular complexity index is 21.5. The fourth-order valence-electron chi connectivity index (χ4n) is 0. The SMILES string of the molecule is CC(C)CO.[K]. The van der Waals surface area contributed by atoms with Gasteiger partial charge in [0.1, 0.15) is 0 Å². The van der Waals surface area contributed by atoms with Gasteiger partial charge < -0.3 is 5.11 Å². The van der Waals surface area contributed by atoms with Crippen LogP contribution in [0.4, 0.5) is 0 Å². The molecule has 0 aromatic heterocycles. The summed E-state index contributed by atoms with van der Waals surface area (Å²) >= 11 is 0. The zero-order valence-corrected chi connectivity index (χ0v) is 7.85. The molecule has 6 heavy (non-hydrogen) atoms. The van der Waals surface area contributed by atoms with Crippen molar-refractivity contribution < 1.29 is 5.11 Å². The molecule has 1 N–H and O–H groups in total. The number of hydrogen-bond donors (Lipinski definition) is 1. The molecule has 1 radical (unpaired) electrons. The van der Waals surface area contributed by atoms with Crippen molar-refractivity contribution in [2.45, 2.75) is 13.8 Å². The van der Waals surface area contributed by atoms with Crippen LogP contribution in [0.25, 0.3) is 0 Å². The van der Waals surface area contributed by atoms with E-state index in [0.717, 1.165) is 0 Å². The summed E-state index contributed by atoms with van der Waals surface area (Å²) in [6.07, 6.45) is 0. The zero-order valence-electron chi connectivity index (χ0n) is 4.73. The average Bonchev–Trinajstić information content (AvgIpc) is 1.38. The summed E-state index contributed by atoms with van der Waals surface area (Å²) < 4.78 is 0. The van der Waals surface area contributed by atoms with E-state index in [1.165, 1.54) is 0 Å². The van der Waals surface area contributed by atoms with Crippen LogP contribution in [0, 0.1) is 5.92 Å². The van der Waals surface area contributed by atoms with Crippen LogP contribution in [0.2, 0.25) is 0 Å². The van der Waals surface area contributed by atoms with E-state index in [1.807, 2.05) is 13.8 Å². The van der Waals surface area contributed by atoms with Gasteiger partial charge in [-0.05, 0) is 5.92 Å². The van der Waals surface area contributed by atoms with E-state index in [-0.39, 0.29) is 51.4 Å². The van der Waals surface area contributed by atoms with Crippen LogP contribution in [-0.2, 0) is 0 Å². The summed E-state index contributed by atoms with van der Waals surface area (Å²) in [4.78, 5) is 0. The van der Waals surface area contributed by atoms with Gasteiger partial charge in [-0.25, -0.2) is 0 Å². The van der Waals surface area contributed by atoms with Crippen molar-refractivity contribution in [1.29, 1.82) is 0 Å². The normalized spacial score (nSPS) is 8.00. The molecular weight excluding hydrogens is 103 g/mol. The summed E-state index contributed by atoms with van der Waals surface area (Å²) in [7, 11) is 0. The molecule has 0 spiro atoms. The largest absolute Gasteiger partial charge is 0.396 e. The van der Waals surface area contributed by atoms with Gasteiger partial charge >= 0.3 is 0 Å². The molecule has 0 amide bonds. The van der Waals surface area contributed by atoms with Crippen LogP contribution < -0.4 is 0 Å². The van der Waals surface area contributed by atoms with Crippen molar-refractivity contribution in [2.24, 2.45) is 5.92 Å². The first-order chi connectivity index (χ1) is 2.27. The Morgan fingerprint density at radius 2 is 1.67 bits per heavy atom. The summed E-state index contributed by atoms with van der Waals surface area (Å²) in [6, 6.07) is 0. The molecule has 1 nitrogen and oxygen atoms in total. The Kier molecular flexibility index (Phi) is 11.6. The molecule has 0 aromatic carbocycles. The minimum atomic E-state index is 0. The molecule has 0 heterocycles. The monoisotopic (exact) mass is 113 g/mol. The summed E-state index contributed by atoms with van der Waals surface area (Å²) in [6.45, 7) is 4.25. The second kappa shape index (κ2) is 6.60. The number of aliphatic hydroxyl groups excluding tert-OH is 1. The van der Waals surface area contributed by atoms with Gasteiger partial charge in [0.15, 0.2) is 0 Å². The fourth-order valence-corrected chi connectivity index (χ4v) is 0. The number of rotatable bonds is 1. The van der Waals surface area contributed by atoms with E-state index in [2.05, 4.69) is 0 Å². The molecule has 0 rings (SSSR count). The van der Waals surface area contributed by atoms with Crippen molar-refractivity contribution >= 4 is 51.4 Å². The van der Waals surface area contributed by atoms with Gasteiger partial charge in [-0.1, -0.05) is 13.8 Å². The zero-order chi connectivity index (χ0) is 4.28. The van der Waals surface area contributed by atoms with Crippen LogP contribution in [0.3, 0.4) is 0 Å². The molecule has 0 aliphatic rings. The van der Waals surface area contributed by atoms with E-state index in [1.54, 1.807) is 0 Å². The Labute approximate surface area is 81.6 Å². The Morgan fingerprint density at radius 3 is 1.67 bits per heavy atom. The maximum absolute atomic E-state index is 8.14. The average molecular weight is 113 g/mol. The molecule has 0 bridgehead atoms. The van der Waals surface area contributed by atoms with Crippen molar-refractivity contribution in [3.8, 4) is 0 Å². The van der Waals surface area contributed by atoms with Crippen molar-refractivity contribution in [3.05, 3.63) is 0 Å². The van der Waals surface area contributed by atoms with Gasteiger partial charge in [-0.15, -0.1) is 0 Å². The molecule has 0 aliphatic heterocycles. The van der Waals surface area contributed by atoms with E-state index < -0.39 is 0 Å². The maximum atomic E-state index is 8.14. The van der Waals surface area contributed by atoms with Crippen LogP contribution in [0.5, 0.6) is 0 Å². The van der Waals surface area contributed by atoms with Gasteiger partial charge in [0, 0.05) is 58.0 Å². The summed E-state index contributed by atoms with van der Waals surface area (Å²) in [5.41, 5.74) is 0. The standard InChI is InChI=1S/C4H10O.K/c1-4(2)3-5;/h4-5H,3H2,1-2H3;. The van der Waals surface area contributed by atoms with Gasteiger partial charge in [0.05, 0.1) is 0 Å². The molecule has 0 saturated carbocycles. The van der Waals surface area contributed by atoms with Crippen molar-refractivity contribution in [3.63, 3.8) is 0 Å². The second-order valence-electron chi connectivity index (χ2n) is 1.58. The van der Waals surface area contributed by atoms with E-state index in [4.69, 9.17) is 5.11 Å². The molecule has 0 saturated heterocycles. The Balaban J connectivity index is 0. The second-order valence-corrected chi connectivity index (χ2v) is 1.58. The molecule has 0 atom stereocenters. The predicted molar refractivity (Wildman–Crippen MR) is 27.7 cm³/mol. The smallest absolute Gasteiger partial charge is 0.0453 e. The molecule has 33 valence electrons. The van der Waals surface area contributed by atoms with Crippen LogP contribution >= 0.6 is 0 Å². The fraction of sp³-hybridized carbons (Fsp3) is 1.00. The molecule has 2 heteroatoms. The number of aliphatic hydroxyl groups is 1. The van der Waals surface area contributed by atoms with Crippen LogP contribution in [0.1, 0.15) is 13.8 Å². The van der Waals surface area contributed by atoms with Crippen LogP contribution in [0.15, 0.2) is 0 Å². The molecular formula is C4H10KO. The Hall–Kier alpha value is 1.60. The Morgan fingerprint density at radius 1 is 1.50 bits per heavy atom. The van der Waals surface area contributed by atoms with Gasteiger partial charge in [0.2, 0.25) is 0 Å². The topological polar surface area (TPSA) is 20.2 Å². The number of hydrogen-bond acceptors (Lipinski definition) is 1. The first-order valence-corrected chi connectivity index (χ1v) is 1.88. The maximum Gasteiger partial charge on any atom is 0.0453 e. The first-order valence-electron chi connectivity index (χ1n) is 1.88. The molecule has 0 unspecified atom stereocenters. The van der Waals surface area contributed by atoms with Gasteiger partial charge in [0.25, 0.3) is 0 Å². The molecule has 0 fully saturated rings. The minimum Gasteiger partial charge on any atom is -0.396 e. The third-order valence-electron chi connectivity index (χ3n) is 0.365. The summed E-state index contributed by atoms with van der Waals surface area (Å²) in [5.74, 6) is 0.440. The minimum absolute atomic E-state index is 0. The van der Waals surface area contributed by atoms with E-state index in [9.17, 15) is 0 Å². The van der Waals surface area contributed by atoms with Crippen molar-refractivity contribution in [2.75, 3.05) is 6.61 Å². The third-order valence-corrected chi connectivity index (χ3v) is 0.365. The van der Waals surface area contributed by atoms with Crippen LogP contribution in [-0.4, -0.2) is 63.1 Å². The van der Waals surface area contributed by atoms with E-state index in [0.29, 0.717) is 12.5 Å². The molecule has 0 aliphatic carbocycles. The quantitative estimate of drug-likeness (QED) is 0.483. The van der Waals surface area contributed by atoms with Gasteiger partial charge in [-0.3, -0.25) is 0 Å². The van der Waals surface area contributed by atoms with Crippen molar-refractivity contribution in [1.82, 2.24) is 0 Å². The third kappa shape index (κ3) is 9.14. The predicted octanol–water partition coefficient (Wildman–Crippen LogP) is 0.254. The van der Waals surface area contributed by atoms with E-state index >= 15 is 0 Å². The first kappa shape index (κ1) is 10.6.